The molecule has 0 radical (unpaired) electrons. The number of carbonyl (C=O) groups excluding carboxylic acids is 3. The summed E-state index contributed by atoms with van der Waals surface area (Å²) in [5.74, 6) is -1.40. The molecule has 0 fully saturated rings. The first-order valence-corrected chi connectivity index (χ1v) is 11.9. The molecule has 0 aliphatic heterocycles. The third-order valence-electron chi connectivity index (χ3n) is 4.73. The van der Waals surface area contributed by atoms with Crippen molar-refractivity contribution in [2.45, 2.75) is 11.3 Å². The average molecular weight is 497 g/mol. The lowest BCUT2D eigenvalue weighted by Crippen LogP contribution is -2.46. The van der Waals surface area contributed by atoms with Crippen LogP contribution in [0.3, 0.4) is 0 Å². The van der Waals surface area contributed by atoms with Gasteiger partial charge in [0.1, 0.15) is 5.75 Å². The van der Waals surface area contributed by atoms with Gasteiger partial charge in [0.2, 0.25) is 5.91 Å². The molecule has 0 aromatic heterocycles. The van der Waals surface area contributed by atoms with Gasteiger partial charge < -0.3 is 10.1 Å². The highest BCUT2D eigenvalue weighted by Crippen LogP contribution is 2.26. The van der Waals surface area contributed by atoms with Gasteiger partial charge in [0.25, 0.3) is 21.8 Å². The van der Waals surface area contributed by atoms with Gasteiger partial charge in [-0.1, -0.05) is 48.5 Å². The summed E-state index contributed by atoms with van der Waals surface area (Å²) in [4.78, 5) is 36.2. The van der Waals surface area contributed by atoms with Crippen LogP contribution in [0.25, 0.3) is 0 Å². The Morgan fingerprint density at radius 3 is 2.29 bits per heavy atom. The first kappa shape index (κ1) is 25.2. The minimum Gasteiger partial charge on any atom is -0.495 e. The zero-order valence-corrected chi connectivity index (χ0v) is 19.6. The highest BCUT2D eigenvalue weighted by atomic mass is 32.2. The standard InChI is InChI=1S/C24H24N4O6S/c1-34-21-13-6-5-12-20(21)28-35(32,33)19-11-7-10-18(15-19)24(31)27-26-23(30)16-25-22(29)14-17-8-3-2-4-9-17/h2-13,15,28H,14,16H2,1H3,(H,25,29)(H,26,30)(H,27,31). The van der Waals surface area contributed by atoms with E-state index in [1.165, 1.54) is 31.4 Å². The molecule has 0 saturated heterocycles. The first-order chi connectivity index (χ1) is 16.8. The van der Waals surface area contributed by atoms with E-state index in [2.05, 4.69) is 20.9 Å². The minimum atomic E-state index is -4.02. The van der Waals surface area contributed by atoms with E-state index >= 15 is 0 Å². The maximum atomic E-state index is 12.8. The number of nitrogens with one attached hydrogen (secondary N) is 4. The van der Waals surface area contributed by atoms with E-state index in [4.69, 9.17) is 4.74 Å². The third kappa shape index (κ3) is 7.30. The molecule has 3 amide bonds. The Labute approximate surface area is 202 Å². The highest BCUT2D eigenvalue weighted by Gasteiger charge is 2.18. The fourth-order valence-corrected chi connectivity index (χ4v) is 4.12. The molecular weight excluding hydrogens is 472 g/mol. The maximum Gasteiger partial charge on any atom is 0.269 e. The van der Waals surface area contributed by atoms with Gasteiger partial charge in [0.15, 0.2) is 0 Å². The molecule has 0 aliphatic rings. The Kier molecular flexibility index (Phi) is 8.41. The van der Waals surface area contributed by atoms with E-state index in [9.17, 15) is 22.8 Å². The normalized spacial score (nSPS) is 10.7. The Balaban J connectivity index is 1.54. The first-order valence-electron chi connectivity index (χ1n) is 10.4. The number of hydrogen-bond acceptors (Lipinski definition) is 6. The lowest BCUT2D eigenvalue weighted by Gasteiger charge is -2.12. The van der Waals surface area contributed by atoms with E-state index in [0.717, 1.165) is 5.56 Å². The summed E-state index contributed by atoms with van der Waals surface area (Å²) in [6, 6.07) is 20.8. The minimum absolute atomic E-state index is 0.00122. The van der Waals surface area contributed by atoms with Crippen LogP contribution in [-0.4, -0.2) is 39.8 Å². The summed E-state index contributed by atoms with van der Waals surface area (Å²) in [5, 5.41) is 2.46. The van der Waals surface area contributed by atoms with Crippen LogP contribution < -0.4 is 25.6 Å². The van der Waals surface area contributed by atoms with Crippen molar-refractivity contribution in [2.24, 2.45) is 0 Å². The molecule has 0 aliphatic carbocycles. The highest BCUT2D eigenvalue weighted by molar-refractivity contribution is 7.92. The number of ether oxygens (including phenoxy) is 1. The zero-order chi connectivity index (χ0) is 25.3. The predicted octanol–water partition coefficient (Wildman–Crippen LogP) is 1.62. The molecule has 3 aromatic carbocycles. The van der Waals surface area contributed by atoms with Crippen LogP contribution in [0.4, 0.5) is 5.69 Å². The lowest BCUT2D eigenvalue weighted by molar-refractivity contribution is -0.126. The Morgan fingerprint density at radius 2 is 1.54 bits per heavy atom. The van der Waals surface area contributed by atoms with Gasteiger partial charge in [-0.05, 0) is 35.9 Å². The molecule has 182 valence electrons. The molecular formula is C24H24N4O6S. The molecule has 0 unspecified atom stereocenters. The number of benzene rings is 3. The van der Waals surface area contributed by atoms with E-state index in [1.54, 1.807) is 48.5 Å². The Hall–Kier alpha value is -4.38. The van der Waals surface area contributed by atoms with Crippen molar-refractivity contribution < 1.29 is 27.5 Å². The number of methoxy groups -OCH3 is 1. The maximum absolute atomic E-state index is 12.8. The van der Waals surface area contributed by atoms with Crippen LogP contribution in [0.1, 0.15) is 15.9 Å². The number of carbonyl (C=O) groups is 3. The van der Waals surface area contributed by atoms with Gasteiger partial charge in [-0.3, -0.25) is 30.0 Å². The quantitative estimate of drug-likeness (QED) is 0.332. The van der Waals surface area contributed by atoms with Gasteiger partial charge in [0.05, 0.1) is 30.7 Å². The number of amides is 3. The molecule has 0 heterocycles. The van der Waals surface area contributed by atoms with Gasteiger partial charge in [0, 0.05) is 5.56 Å². The molecule has 4 N–H and O–H groups in total. The summed E-state index contributed by atoms with van der Waals surface area (Å²) >= 11 is 0. The smallest absolute Gasteiger partial charge is 0.269 e. The molecule has 3 aromatic rings. The number of hydrogen-bond donors (Lipinski definition) is 4. The van der Waals surface area contributed by atoms with Crippen LogP contribution in [0.2, 0.25) is 0 Å². The van der Waals surface area contributed by atoms with Crippen LogP contribution in [0, 0.1) is 0 Å². The third-order valence-corrected chi connectivity index (χ3v) is 6.09. The molecule has 0 spiro atoms. The predicted molar refractivity (Wildman–Crippen MR) is 129 cm³/mol. The second-order valence-electron chi connectivity index (χ2n) is 7.28. The van der Waals surface area contributed by atoms with Crippen LogP contribution >= 0.6 is 0 Å². The lowest BCUT2D eigenvalue weighted by atomic mass is 10.1. The van der Waals surface area contributed by atoms with E-state index in [0.29, 0.717) is 5.75 Å². The van der Waals surface area contributed by atoms with Crippen molar-refractivity contribution in [2.75, 3.05) is 18.4 Å². The van der Waals surface area contributed by atoms with Crippen molar-refractivity contribution in [3.63, 3.8) is 0 Å². The van der Waals surface area contributed by atoms with Crippen molar-refractivity contribution in [1.29, 1.82) is 0 Å². The van der Waals surface area contributed by atoms with E-state index < -0.39 is 21.8 Å². The summed E-state index contributed by atoms with van der Waals surface area (Å²) in [6.07, 6.45) is 0.116. The number of para-hydroxylation sites is 2. The number of hydrazine groups is 1. The summed E-state index contributed by atoms with van der Waals surface area (Å²) in [5.41, 5.74) is 5.42. The Bertz CT molecular complexity index is 1310. The fourth-order valence-electron chi connectivity index (χ4n) is 3.00. The molecule has 35 heavy (non-hydrogen) atoms. The average Bonchev–Trinajstić information content (AvgIpc) is 2.87. The zero-order valence-electron chi connectivity index (χ0n) is 18.8. The summed E-state index contributed by atoms with van der Waals surface area (Å²) < 4.78 is 33.1. The van der Waals surface area contributed by atoms with Gasteiger partial charge in [-0.15, -0.1) is 0 Å². The Morgan fingerprint density at radius 1 is 0.829 bits per heavy atom. The second-order valence-corrected chi connectivity index (χ2v) is 8.96. The molecule has 3 rings (SSSR count). The van der Waals surface area contributed by atoms with E-state index in [-0.39, 0.29) is 35.0 Å². The van der Waals surface area contributed by atoms with Gasteiger partial charge in [-0.25, -0.2) is 8.42 Å². The fraction of sp³-hybridized carbons (Fsp3) is 0.125. The molecule has 0 saturated carbocycles. The van der Waals surface area contributed by atoms with Crippen LogP contribution in [0.5, 0.6) is 5.75 Å². The topological polar surface area (TPSA) is 143 Å². The molecule has 0 bridgehead atoms. The van der Waals surface area contributed by atoms with Crippen molar-refractivity contribution in [1.82, 2.24) is 16.2 Å². The van der Waals surface area contributed by atoms with Crippen LogP contribution in [-0.2, 0) is 26.0 Å². The summed E-state index contributed by atoms with van der Waals surface area (Å²) in [6.45, 7) is -0.344. The van der Waals surface area contributed by atoms with Gasteiger partial charge in [-0.2, -0.15) is 0 Å². The van der Waals surface area contributed by atoms with Crippen LogP contribution in [0.15, 0.2) is 83.8 Å². The SMILES string of the molecule is COc1ccccc1NS(=O)(=O)c1cccc(C(=O)NNC(=O)CNC(=O)Cc2ccccc2)c1. The van der Waals surface area contributed by atoms with Crippen molar-refractivity contribution in [3.05, 3.63) is 90.0 Å². The largest absolute Gasteiger partial charge is 0.495 e. The summed E-state index contributed by atoms with van der Waals surface area (Å²) in [7, 11) is -2.60. The van der Waals surface area contributed by atoms with E-state index in [1.807, 2.05) is 6.07 Å². The molecule has 11 heteroatoms. The monoisotopic (exact) mass is 496 g/mol. The van der Waals surface area contributed by atoms with Crippen molar-refractivity contribution >= 4 is 33.4 Å². The number of sulfonamides is 1. The number of anilines is 1. The second kappa shape index (κ2) is 11.7. The van der Waals surface area contributed by atoms with Crippen molar-refractivity contribution in [3.8, 4) is 5.75 Å². The molecule has 0 atom stereocenters. The molecule has 10 nitrogen and oxygen atoms in total. The number of rotatable bonds is 9. The van der Waals surface area contributed by atoms with Gasteiger partial charge >= 0.3 is 0 Å².